The summed E-state index contributed by atoms with van der Waals surface area (Å²) in [4.78, 5) is 6.80. The second kappa shape index (κ2) is 4.20. The molecule has 1 saturated heterocycles. The van der Waals surface area contributed by atoms with E-state index in [4.69, 9.17) is 5.73 Å². The van der Waals surface area contributed by atoms with E-state index in [0.717, 1.165) is 36.7 Å². The molecule has 0 spiro atoms. The molecule has 2 aromatic rings. The zero-order valence-corrected chi connectivity index (χ0v) is 11.8. The summed E-state index contributed by atoms with van der Waals surface area (Å²) in [5.41, 5.74) is 7.92. The van der Waals surface area contributed by atoms with Crippen LogP contribution in [-0.2, 0) is 5.41 Å². The quantitative estimate of drug-likeness (QED) is 0.886. The average molecular weight is 259 g/mol. The molecule has 0 bridgehead atoms. The topological polar surface area (TPSA) is 59.5 Å². The highest BCUT2D eigenvalue weighted by atomic mass is 15.3. The van der Waals surface area contributed by atoms with Gasteiger partial charge in [-0.15, -0.1) is 0 Å². The molecule has 1 aliphatic rings. The van der Waals surface area contributed by atoms with Gasteiger partial charge in [0.25, 0.3) is 0 Å². The molecular formula is C14H21N5. The third-order valence-electron chi connectivity index (χ3n) is 3.73. The van der Waals surface area contributed by atoms with E-state index in [1.54, 1.807) is 0 Å². The van der Waals surface area contributed by atoms with Crippen LogP contribution in [0.3, 0.4) is 0 Å². The van der Waals surface area contributed by atoms with Gasteiger partial charge in [-0.3, -0.25) is 0 Å². The highest BCUT2D eigenvalue weighted by Gasteiger charge is 2.28. The predicted octanol–water partition coefficient (Wildman–Crippen LogP) is 1.42. The molecule has 0 amide bonds. The first-order chi connectivity index (χ1) is 8.99. The Bertz CT molecular complexity index is 589. The summed E-state index contributed by atoms with van der Waals surface area (Å²) in [6, 6.07) is 2.15. The lowest BCUT2D eigenvalue weighted by molar-refractivity contribution is 0.417. The number of hydrogen-bond donors (Lipinski definition) is 1. The molecule has 19 heavy (non-hydrogen) atoms. The molecule has 0 aliphatic carbocycles. The molecule has 0 aromatic carbocycles. The molecule has 5 nitrogen and oxygen atoms in total. The maximum absolute atomic E-state index is 5.68. The monoisotopic (exact) mass is 259 g/mol. The summed E-state index contributed by atoms with van der Waals surface area (Å²) in [7, 11) is 0. The van der Waals surface area contributed by atoms with Crippen molar-refractivity contribution in [2.24, 2.45) is 11.7 Å². The molecule has 0 unspecified atom stereocenters. The van der Waals surface area contributed by atoms with Crippen molar-refractivity contribution >= 4 is 11.3 Å². The summed E-state index contributed by atoms with van der Waals surface area (Å²) < 4.78 is 1.93. The van der Waals surface area contributed by atoms with Crippen molar-refractivity contribution in [1.82, 2.24) is 14.6 Å². The lowest BCUT2D eigenvalue weighted by Crippen LogP contribution is -2.50. The Morgan fingerprint density at radius 1 is 1.37 bits per heavy atom. The number of nitrogens with two attached hydrogens (primary N) is 1. The van der Waals surface area contributed by atoms with Crippen LogP contribution in [0.15, 0.2) is 18.5 Å². The van der Waals surface area contributed by atoms with Crippen LogP contribution >= 0.6 is 0 Å². The number of rotatable bonds is 2. The van der Waals surface area contributed by atoms with Crippen molar-refractivity contribution in [3.8, 4) is 0 Å². The molecule has 1 fully saturated rings. The maximum Gasteiger partial charge on any atom is 0.154 e. The molecule has 2 N–H and O–H groups in total. The molecule has 0 radical (unpaired) electrons. The first kappa shape index (κ1) is 12.4. The minimum Gasteiger partial charge on any atom is -0.354 e. The number of hydrogen-bond acceptors (Lipinski definition) is 4. The molecule has 3 heterocycles. The smallest absolute Gasteiger partial charge is 0.154 e. The van der Waals surface area contributed by atoms with Crippen molar-refractivity contribution in [2.45, 2.75) is 26.2 Å². The largest absolute Gasteiger partial charge is 0.354 e. The van der Waals surface area contributed by atoms with Crippen LogP contribution in [0.1, 0.15) is 26.5 Å². The Labute approximate surface area is 113 Å². The fraction of sp³-hybridized carbons (Fsp3) is 0.571. The van der Waals surface area contributed by atoms with E-state index in [1.165, 1.54) is 0 Å². The van der Waals surface area contributed by atoms with Gasteiger partial charge in [-0.05, 0) is 12.6 Å². The van der Waals surface area contributed by atoms with Gasteiger partial charge in [-0.25, -0.2) is 9.50 Å². The van der Waals surface area contributed by atoms with Crippen LogP contribution in [0.4, 0.5) is 5.82 Å². The van der Waals surface area contributed by atoms with E-state index in [1.807, 2.05) is 16.9 Å². The zero-order chi connectivity index (χ0) is 13.6. The molecule has 0 saturated carbocycles. The van der Waals surface area contributed by atoms with Gasteiger partial charge in [-0.2, -0.15) is 5.10 Å². The van der Waals surface area contributed by atoms with Crippen LogP contribution in [0.2, 0.25) is 0 Å². The highest BCUT2D eigenvalue weighted by molar-refractivity contribution is 5.70. The van der Waals surface area contributed by atoms with Gasteiger partial charge < -0.3 is 10.6 Å². The number of fused-ring (bicyclic) bond motifs is 1. The third kappa shape index (κ3) is 2.08. The van der Waals surface area contributed by atoms with Gasteiger partial charge in [0.05, 0.1) is 5.69 Å². The molecule has 1 aliphatic heterocycles. The molecule has 3 rings (SSSR count). The average Bonchev–Trinajstić information content (AvgIpc) is 2.71. The van der Waals surface area contributed by atoms with E-state index in [-0.39, 0.29) is 5.41 Å². The van der Waals surface area contributed by atoms with Gasteiger partial charge in [0.1, 0.15) is 5.52 Å². The Kier molecular flexibility index (Phi) is 2.74. The molecule has 2 aromatic heterocycles. The van der Waals surface area contributed by atoms with E-state index in [0.29, 0.717) is 5.92 Å². The van der Waals surface area contributed by atoms with Gasteiger partial charge in [0.15, 0.2) is 5.82 Å². The summed E-state index contributed by atoms with van der Waals surface area (Å²) in [5.74, 6) is 1.63. The van der Waals surface area contributed by atoms with Crippen molar-refractivity contribution in [3.05, 3.63) is 24.2 Å². The first-order valence-electron chi connectivity index (χ1n) is 6.79. The van der Waals surface area contributed by atoms with Crippen LogP contribution in [0.25, 0.3) is 5.52 Å². The van der Waals surface area contributed by atoms with Crippen molar-refractivity contribution in [2.75, 3.05) is 24.5 Å². The van der Waals surface area contributed by atoms with Crippen LogP contribution in [0, 0.1) is 5.92 Å². The maximum atomic E-state index is 5.68. The summed E-state index contributed by atoms with van der Waals surface area (Å²) in [5, 5.41) is 4.65. The molecule has 0 atom stereocenters. The minimum atomic E-state index is 0.0536. The van der Waals surface area contributed by atoms with Crippen molar-refractivity contribution in [1.29, 1.82) is 0 Å². The molecule has 102 valence electrons. The van der Waals surface area contributed by atoms with E-state index >= 15 is 0 Å². The van der Waals surface area contributed by atoms with Gasteiger partial charge in [-0.1, -0.05) is 20.8 Å². The Morgan fingerprint density at radius 3 is 2.74 bits per heavy atom. The third-order valence-corrected chi connectivity index (χ3v) is 3.73. The van der Waals surface area contributed by atoms with Crippen LogP contribution in [-0.4, -0.2) is 34.2 Å². The standard InChI is InChI=1S/C14H21N5/c1-14(2,3)12-6-11-13(16-4-5-19(11)17-12)18-8-10(7-15)9-18/h4-6,10H,7-9,15H2,1-3H3. The van der Waals surface area contributed by atoms with Gasteiger partial charge in [0, 0.05) is 36.8 Å². The second-order valence-corrected chi connectivity index (χ2v) is 6.37. The predicted molar refractivity (Wildman–Crippen MR) is 76.4 cm³/mol. The Hall–Kier alpha value is -1.62. The van der Waals surface area contributed by atoms with Crippen molar-refractivity contribution in [3.63, 3.8) is 0 Å². The number of anilines is 1. The number of nitrogens with zero attached hydrogens (tertiary/aromatic N) is 4. The lowest BCUT2D eigenvalue weighted by atomic mass is 9.92. The van der Waals surface area contributed by atoms with Crippen LogP contribution in [0.5, 0.6) is 0 Å². The Morgan fingerprint density at radius 2 is 2.11 bits per heavy atom. The van der Waals surface area contributed by atoms with Gasteiger partial charge >= 0.3 is 0 Å². The van der Waals surface area contributed by atoms with Crippen molar-refractivity contribution < 1.29 is 0 Å². The zero-order valence-electron chi connectivity index (χ0n) is 11.8. The van der Waals surface area contributed by atoms with Gasteiger partial charge in [0.2, 0.25) is 0 Å². The fourth-order valence-electron chi connectivity index (χ4n) is 2.41. The minimum absolute atomic E-state index is 0.0536. The second-order valence-electron chi connectivity index (χ2n) is 6.37. The van der Waals surface area contributed by atoms with E-state index in [9.17, 15) is 0 Å². The van der Waals surface area contributed by atoms with Crippen LogP contribution < -0.4 is 10.6 Å². The van der Waals surface area contributed by atoms with E-state index < -0.39 is 0 Å². The van der Waals surface area contributed by atoms with E-state index in [2.05, 4.69) is 41.8 Å². The normalized spacial score (nSPS) is 16.9. The highest BCUT2D eigenvalue weighted by Crippen LogP contribution is 2.29. The number of aromatic nitrogens is 3. The lowest BCUT2D eigenvalue weighted by Gasteiger charge is -2.39. The summed E-state index contributed by atoms with van der Waals surface area (Å²) in [6.45, 7) is 9.28. The fourth-order valence-corrected chi connectivity index (χ4v) is 2.41. The first-order valence-corrected chi connectivity index (χ1v) is 6.79. The molecular weight excluding hydrogens is 238 g/mol. The SMILES string of the molecule is CC(C)(C)c1cc2c(N3CC(CN)C3)nccn2n1. The summed E-state index contributed by atoms with van der Waals surface area (Å²) >= 11 is 0. The summed E-state index contributed by atoms with van der Waals surface area (Å²) in [6.07, 6.45) is 3.73. The Balaban J connectivity index is 1.99. The molecule has 5 heteroatoms.